The Kier molecular flexibility index (Phi) is 6.80. The van der Waals surface area contributed by atoms with Crippen molar-refractivity contribution in [1.29, 1.82) is 0 Å². The molecule has 0 unspecified atom stereocenters. The molecule has 1 aromatic heterocycles. The van der Waals surface area contributed by atoms with Crippen molar-refractivity contribution in [3.05, 3.63) is 82.9 Å². The maximum absolute atomic E-state index is 12.1. The summed E-state index contributed by atoms with van der Waals surface area (Å²) < 4.78 is 68.5. The van der Waals surface area contributed by atoms with Gasteiger partial charge in [0.15, 0.2) is 11.4 Å². The van der Waals surface area contributed by atoms with Gasteiger partial charge in [0.05, 0.1) is 4.90 Å². The van der Waals surface area contributed by atoms with Crippen LogP contribution < -0.4 is 9.47 Å². The second-order valence-electron chi connectivity index (χ2n) is 8.04. The molecule has 2 N–H and O–H groups in total. The third-order valence-corrected chi connectivity index (χ3v) is 8.25. The van der Waals surface area contributed by atoms with Crippen molar-refractivity contribution in [3.8, 4) is 0 Å². The van der Waals surface area contributed by atoms with Crippen LogP contribution in [-0.4, -0.2) is 40.0 Å². The Balaban J connectivity index is 1.82. The van der Waals surface area contributed by atoms with E-state index in [-0.39, 0.29) is 16.3 Å². The molecule has 0 radical (unpaired) electrons. The number of thiazole rings is 1. The van der Waals surface area contributed by atoms with E-state index in [2.05, 4.69) is 0 Å². The van der Waals surface area contributed by atoms with Crippen LogP contribution in [0.25, 0.3) is 22.4 Å². The highest BCUT2D eigenvalue weighted by Gasteiger charge is 2.27. The van der Waals surface area contributed by atoms with Crippen molar-refractivity contribution in [2.75, 3.05) is 19.0 Å². The molecule has 0 aliphatic carbocycles. The van der Waals surface area contributed by atoms with Gasteiger partial charge in [0, 0.05) is 31.4 Å². The molecule has 0 amide bonds. The zero-order valence-corrected chi connectivity index (χ0v) is 21.3. The fourth-order valence-corrected chi connectivity index (χ4v) is 5.97. The predicted octanol–water partition coefficient (Wildman–Crippen LogP) is 3.97. The quantitative estimate of drug-likeness (QED) is 0.274. The standard InChI is InChI=1S/C24H22N2O6S3/c1-25(2)19-11-6-17(7-12-19)10-15-23-26(16-18-8-13-20(14-9-18)34(27,28)29)24-21(33-23)4-3-5-22(24)35(30,31)32/h3-15H,16H2,1-2H3,(H-,27,28,29,30,31,32)/p+1. The van der Waals surface area contributed by atoms with E-state index in [4.69, 9.17) is 0 Å². The molecule has 0 aliphatic heterocycles. The molecule has 0 fully saturated rings. The van der Waals surface area contributed by atoms with Crippen molar-refractivity contribution in [3.63, 3.8) is 0 Å². The van der Waals surface area contributed by atoms with Gasteiger partial charge in [0.1, 0.15) is 4.70 Å². The smallest absolute Gasteiger partial charge is 0.301 e. The number of rotatable bonds is 7. The summed E-state index contributed by atoms with van der Waals surface area (Å²) in [5, 5.41) is 0.728. The molecule has 0 spiro atoms. The van der Waals surface area contributed by atoms with Gasteiger partial charge >= 0.3 is 10.1 Å². The van der Waals surface area contributed by atoms with Gasteiger partial charge in [-0.05, 0) is 48.0 Å². The SMILES string of the molecule is CN(C)c1ccc(C=Cc2sc3cccc(S(=O)(=O)O)c3[n+]2Cc2ccc(S(=O)(=O)O)cc2)cc1. The first-order valence-electron chi connectivity index (χ1n) is 10.4. The second kappa shape index (κ2) is 9.51. The molecular weight excluding hydrogens is 508 g/mol. The van der Waals surface area contributed by atoms with Crippen LogP contribution in [0, 0.1) is 0 Å². The Morgan fingerprint density at radius 3 is 2.09 bits per heavy atom. The minimum Gasteiger partial charge on any atom is -0.378 e. The van der Waals surface area contributed by atoms with E-state index >= 15 is 0 Å². The van der Waals surface area contributed by atoms with Gasteiger partial charge in [0.2, 0.25) is 5.52 Å². The number of nitrogens with zero attached hydrogens (tertiary/aromatic N) is 2. The highest BCUT2D eigenvalue weighted by atomic mass is 32.2. The second-order valence-corrected chi connectivity index (χ2v) is 11.9. The first-order valence-corrected chi connectivity index (χ1v) is 14.1. The van der Waals surface area contributed by atoms with Crippen LogP contribution in [-0.2, 0) is 26.8 Å². The Labute approximate surface area is 207 Å². The fraction of sp³-hybridized carbons (Fsp3) is 0.125. The average molecular weight is 532 g/mol. The van der Waals surface area contributed by atoms with Crippen molar-refractivity contribution >= 4 is 59.6 Å². The lowest BCUT2D eigenvalue weighted by Gasteiger charge is -2.11. The number of anilines is 1. The number of benzene rings is 3. The van der Waals surface area contributed by atoms with E-state index in [9.17, 15) is 25.9 Å². The van der Waals surface area contributed by atoms with Crippen LogP contribution in [0.3, 0.4) is 0 Å². The van der Waals surface area contributed by atoms with Crippen molar-refractivity contribution in [1.82, 2.24) is 0 Å². The third kappa shape index (κ3) is 5.60. The zero-order valence-electron chi connectivity index (χ0n) is 18.9. The minimum atomic E-state index is -4.49. The number of hydrogen-bond donors (Lipinski definition) is 2. The van der Waals surface area contributed by atoms with Crippen LogP contribution in [0.4, 0.5) is 5.69 Å². The minimum absolute atomic E-state index is 0.206. The highest BCUT2D eigenvalue weighted by Crippen LogP contribution is 2.28. The monoisotopic (exact) mass is 531 g/mol. The largest absolute Gasteiger partial charge is 0.378 e. The fourth-order valence-electron chi connectivity index (χ4n) is 3.62. The molecular formula is C24H23N2O6S3+. The molecule has 0 aliphatic rings. The Morgan fingerprint density at radius 1 is 0.857 bits per heavy atom. The summed E-state index contributed by atoms with van der Waals surface area (Å²) >= 11 is 1.36. The molecule has 8 nitrogen and oxygen atoms in total. The lowest BCUT2D eigenvalue weighted by atomic mass is 10.2. The number of para-hydroxylation sites is 1. The molecule has 0 saturated carbocycles. The van der Waals surface area contributed by atoms with Crippen molar-refractivity contribution in [2.45, 2.75) is 16.3 Å². The van der Waals surface area contributed by atoms with Crippen LogP contribution in [0.5, 0.6) is 0 Å². The third-order valence-electron chi connectivity index (χ3n) is 5.38. The predicted molar refractivity (Wildman–Crippen MR) is 137 cm³/mol. The van der Waals surface area contributed by atoms with Gasteiger partial charge in [0.25, 0.3) is 15.1 Å². The van der Waals surface area contributed by atoms with Gasteiger partial charge in [-0.25, -0.2) is 0 Å². The summed E-state index contributed by atoms with van der Waals surface area (Å²) in [5.41, 5.74) is 3.04. The molecule has 1 heterocycles. The average Bonchev–Trinajstić information content (AvgIpc) is 3.14. The molecule has 4 aromatic rings. The number of fused-ring (bicyclic) bond motifs is 1. The summed E-state index contributed by atoms with van der Waals surface area (Å²) in [4.78, 5) is 1.55. The summed E-state index contributed by atoms with van der Waals surface area (Å²) in [6, 6.07) is 18.3. The van der Waals surface area contributed by atoms with Crippen LogP contribution in [0.2, 0.25) is 0 Å². The van der Waals surface area contributed by atoms with Gasteiger partial charge in [-0.3, -0.25) is 9.11 Å². The van der Waals surface area contributed by atoms with Crippen molar-refractivity contribution < 1.29 is 30.5 Å². The molecule has 3 aromatic carbocycles. The molecule has 0 saturated heterocycles. The normalized spacial score (nSPS) is 12.5. The summed E-state index contributed by atoms with van der Waals surface area (Å²) in [5.74, 6) is 0. The molecule has 0 atom stereocenters. The maximum Gasteiger partial charge on any atom is 0.301 e. The van der Waals surface area contributed by atoms with Gasteiger partial charge in [-0.2, -0.15) is 21.4 Å². The first-order chi connectivity index (χ1) is 16.4. The summed E-state index contributed by atoms with van der Waals surface area (Å²) in [7, 11) is -4.90. The number of aromatic nitrogens is 1. The molecule has 11 heteroatoms. The van der Waals surface area contributed by atoms with Crippen LogP contribution in [0.15, 0.2) is 76.5 Å². The first kappa shape index (κ1) is 25.0. The molecule has 0 bridgehead atoms. The number of hydrogen-bond acceptors (Lipinski definition) is 6. The Morgan fingerprint density at radius 2 is 1.51 bits per heavy atom. The maximum atomic E-state index is 12.1. The van der Waals surface area contributed by atoms with E-state index in [1.54, 1.807) is 28.8 Å². The van der Waals surface area contributed by atoms with E-state index in [0.717, 1.165) is 16.3 Å². The van der Waals surface area contributed by atoms with Gasteiger partial charge < -0.3 is 4.90 Å². The van der Waals surface area contributed by atoms with E-state index in [1.165, 1.54) is 29.5 Å². The summed E-state index contributed by atoms with van der Waals surface area (Å²) in [6.07, 6.45) is 3.78. The zero-order chi connectivity index (χ0) is 25.4. The lowest BCUT2D eigenvalue weighted by molar-refractivity contribution is -0.660. The molecule has 4 rings (SSSR count). The van der Waals surface area contributed by atoms with Crippen LogP contribution in [0.1, 0.15) is 16.1 Å². The van der Waals surface area contributed by atoms with Gasteiger partial charge in [-0.15, -0.1) is 0 Å². The highest BCUT2D eigenvalue weighted by molar-refractivity contribution is 7.86. The topological polar surface area (TPSA) is 116 Å². The molecule has 35 heavy (non-hydrogen) atoms. The van der Waals surface area contributed by atoms with E-state index in [1.807, 2.05) is 55.4 Å². The van der Waals surface area contributed by atoms with E-state index in [0.29, 0.717) is 15.8 Å². The molecule has 182 valence electrons. The van der Waals surface area contributed by atoms with E-state index < -0.39 is 20.2 Å². The lowest BCUT2D eigenvalue weighted by Crippen LogP contribution is -2.36. The van der Waals surface area contributed by atoms with Crippen molar-refractivity contribution in [2.24, 2.45) is 0 Å². The Bertz CT molecular complexity index is 1620. The Hall–Kier alpha value is -3.09. The van der Waals surface area contributed by atoms with Gasteiger partial charge in [-0.1, -0.05) is 41.7 Å². The summed E-state index contributed by atoms with van der Waals surface area (Å²) in [6.45, 7) is 0.206. The van der Waals surface area contributed by atoms with Crippen LogP contribution >= 0.6 is 11.3 Å².